The Hall–Kier alpha value is -4.14. The highest BCUT2D eigenvalue weighted by Crippen LogP contribution is 2.46. The lowest BCUT2D eigenvalue weighted by Gasteiger charge is -2.30. The second kappa shape index (κ2) is 14.4. The van der Waals surface area contributed by atoms with Gasteiger partial charge in [0.1, 0.15) is 29.0 Å². The fraction of sp³-hybridized carbons (Fsp3) is 0.618. The summed E-state index contributed by atoms with van der Waals surface area (Å²) in [4.78, 5) is 69.4. The molecule has 0 spiro atoms. The Morgan fingerprint density at radius 3 is 2.49 bits per heavy atom. The van der Waals surface area contributed by atoms with Crippen molar-refractivity contribution in [2.24, 2.45) is 5.92 Å². The highest BCUT2D eigenvalue weighted by molar-refractivity contribution is 7.91. The topological polar surface area (TPSA) is 189 Å². The summed E-state index contributed by atoms with van der Waals surface area (Å²) < 4.78 is 38.3. The normalized spacial score (nSPS) is 28.4. The molecule has 4 aliphatic rings. The van der Waals surface area contributed by atoms with Gasteiger partial charge in [-0.2, -0.15) is 0 Å². The number of amides is 5. The van der Waals surface area contributed by atoms with Crippen LogP contribution in [0.2, 0.25) is 0 Å². The molecule has 49 heavy (non-hydrogen) atoms. The molecule has 5 amide bonds. The number of sulfonamides is 1. The number of carbonyl (C=O) groups is 5. The Kier molecular flexibility index (Phi) is 10.6. The highest BCUT2D eigenvalue weighted by Gasteiger charge is 2.62. The number of methoxy groups -OCH3 is 1. The summed E-state index contributed by atoms with van der Waals surface area (Å²) in [5.74, 6) is -2.39. The predicted molar refractivity (Wildman–Crippen MR) is 179 cm³/mol. The summed E-state index contributed by atoms with van der Waals surface area (Å²) in [6.45, 7) is 5.09. The molecular weight excluding hydrogens is 654 g/mol. The van der Waals surface area contributed by atoms with Crippen molar-refractivity contribution in [3.63, 3.8) is 0 Å². The molecule has 0 unspecified atom stereocenters. The monoisotopic (exact) mass is 701 g/mol. The van der Waals surface area contributed by atoms with Gasteiger partial charge in [-0.1, -0.05) is 31.1 Å². The van der Waals surface area contributed by atoms with E-state index in [-0.39, 0.29) is 19.4 Å². The zero-order valence-electron chi connectivity index (χ0n) is 28.5. The van der Waals surface area contributed by atoms with E-state index in [9.17, 15) is 32.4 Å². The Bertz CT molecular complexity index is 1600. The van der Waals surface area contributed by atoms with E-state index in [1.165, 1.54) is 12.0 Å². The number of alkyl carbamates (subject to hydrolysis) is 1. The molecular formula is C34H47N5O9S. The number of carbonyl (C=O) groups excluding carboxylic acids is 5. The largest absolute Gasteiger partial charge is 0.497 e. The number of fused-ring (bicyclic) bond motifs is 2. The van der Waals surface area contributed by atoms with Gasteiger partial charge in [0.2, 0.25) is 21.8 Å². The maximum atomic E-state index is 14.2. The number of hydrogen-bond acceptors (Lipinski definition) is 9. The molecule has 1 aromatic rings. The molecule has 268 valence electrons. The van der Waals surface area contributed by atoms with E-state index in [0.29, 0.717) is 43.4 Å². The minimum Gasteiger partial charge on any atom is -0.497 e. The van der Waals surface area contributed by atoms with Crippen LogP contribution in [0.15, 0.2) is 36.4 Å². The molecule has 5 rings (SSSR count). The fourth-order valence-corrected chi connectivity index (χ4v) is 7.75. The molecule has 2 saturated carbocycles. The van der Waals surface area contributed by atoms with Crippen molar-refractivity contribution in [1.82, 2.24) is 25.6 Å². The van der Waals surface area contributed by atoms with Crippen LogP contribution < -0.4 is 25.4 Å². The molecule has 1 aromatic carbocycles. The molecule has 0 bridgehead atoms. The number of hydrogen-bond donors (Lipinski definition) is 4. The van der Waals surface area contributed by atoms with Crippen molar-refractivity contribution >= 4 is 39.7 Å². The number of benzene rings is 1. The van der Waals surface area contributed by atoms with Crippen LogP contribution in [-0.4, -0.2) is 91.2 Å². The number of nitrogens with one attached hydrogen (secondary N) is 4. The number of nitrogens with zero attached hydrogens (tertiary/aromatic N) is 1. The van der Waals surface area contributed by atoms with Gasteiger partial charge in [-0.05, 0) is 83.9 Å². The van der Waals surface area contributed by atoms with Gasteiger partial charge in [0, 0.05) is 24.1 Å². The SMILES string of the molecule is COc1cccc(C(=O)N[C@@H]2C[C@H]3C(=O)N[C@]4(C(=O)NS(=O)(=O)C5CC5)C[C@H]4/C=C\CCCCC[C@H](NC(=O)OC(C)(C)C)C(=O)N3C2)c1. The summed E-state index contributed by atoms with van der Waals surface area (Å²) in [5, 5.41) is 7.79. The van der Waals surface area contributed by atoms with Gasteiger partial charge in [0.15, 0.2) is 0 Å². The molecule has 14 nitrogen and oxygen atoms in total. The number of ether oxygens (including phenoxy) is 2. The van der Waals surface area contributed by atoms with E-state index >= 15 is 0 Å². The van der Waals surface area contributed by atoms with Crippen LogP contribution in [-0.2, 0) is 29.1 Å². The minimum absolute atomic E-state index is 0.0189. The summed E-state index contributed by atoms with van der Waals surface area (Å²) in [6.07, 6.45) is 7.25. The lowest BCUT2D eigenvalue weighted by Crippen LogP contribution is -2.58. The number of rotatable bonds is 7. The van der Waals surface area contributed by atoms with Gasteiger partial charge >= 0.3 is 6.09 Å². The van der Waals surface area contributed by atoms with Gasteiger partial charge in [-0.25, -0.2) is 13.2 Å². The zero-order valence-corrected chi connectivity index (χ0v) is 29.3. The van der Waals surface area contributed by atoms with Crippen LogP contribution in [0, 0.1) is 5.92 Å². The third kappa shape index (κ3) is 8.91. The molecule has 2 heterocycles. The van der Waals surface area contributed by atoms with Crippen LogP contribution >= 0.6 is 0 Å². The molecule has 0 radical (unpaired) electrons. The van der Waals surface area contributed by atoms with Crippen LogP contribution in [0.5, 0.6) is 5.75 Å². The molecule has 3 fully saturated rings. The van der Waals surface area contributed by atoms with Crippen molar-refractivity contribution in [3.05, 3.63) is 42.0 Å². The first-order chi connectivity index (χ1) is 23.1. The van der Waals surface area contributed by atoms with Gasteiger partial charge in [0.25, 0.3) is 11.8 Å². The lowest BCUT2D eigenvalue weighted by molar-refractivity contribution is -0.141. The standard InChI is InChI=1S/C34H47N5O9S/c1-33(2,3)48-32(44)36-26-14-9-7-5-6-8-12-22-19-34(22,31(43)38-49(45,46)25-15-16-25)37-29(41)27-18-23(20-39(27)30(26)42)35-28(40)21-11-10-13-24(17-21)47-4/h8,10-13,17,22-23,25-27H,5-7,9,14-16,18-20H2,1-4H3,(H,35,40)(H,36,44)(H,37,41)(H,38,43)/b12-8-/t22-,23-,26+,27+,34-/m1/s1. The summed E-state index contributed by atoms with van der Waals surface area (Å²) in [5.41, 5.74) is -2.00. The van der Waals surface area contributed by atoms with E-state index in [2.05, 4.69) is 20.7 Å². The Morgan fingerprint density at radius 1 is 1.04 bits per heavy atom. The highest BCUT2D eigenvalue weighted by atomic mass is 32.2. The Morgan fingerprint density at radius 2 is 1.80 bits per heavy atom. The van der Waals surface area contributed by atoms with Gasteiger partial charge < -0.3 is 30.3 Å². The predicted octanol–water partition coefficient (Wildman–Crippen LogP) is 2.29. The fourth-order valence-electron chi connectivity index (χ4n) is 6.39. The smallest absolute Gasteiger partial charge is 0.408 e. The third-order valence-corrected chi connectivity index (χ3v) is 11.1. The van der Waals surface area contributed by atoms with Crippen molar-refractivity contribution in [1.29, 1.82) is 0 Å². The van der Waals surface area contributed by atoms with Crippen LogP contribution in [0.4, 0.5) is 4.79 Å². The first-order valence-corrected chi connectivity index (χ1v) is 18.5. The number of allylic oxidation sites excluding steroid dienone is 1. The third-order valence-electron chi connectivity index (χ3n) is 9.24. The summed E-state index contributed by atoms with van der Waals surface area (Å²) >= 11 is 0. The molecule has 2 aliphatic heterocycles. The van der Waals surface area contributed by atoms with Crippen molar-refractivity contribution in [3.8, 4) is 5.75 Å². The zero-order chi connectivity index (χ0) is 35.6. The second-order valence-electron chi connectivity index (χ2n) is 14.4. The minimum atomic E-state index is -3.89. The summed E-state index contributed by atoms with van der Waals surface area (Å²) in [6, 6.07) is 3.75. The molecule has 4 N–H and O–H groups in total. The van der Waals surface area contributed by atoms with Crippen LogP contribution in [0.3, 0.4) is 0 Å². The average Bonchev–Trinajstić information content (AvgIpc) is 3.95. The van der Waals surface area contributed by atoms with Crippen molar-refractivity contribution in [2.45, 2.75) is 113 Å². The Balaban J connectivity index is 1.43. The molecule has 15 heteroatoms. The maximum Gasteiger partial charge on any atom is 0.408 e. The van der Waals surface area contributed by atoms with Gasteiger partial charge in [-0.15, -0.1) is 0 Å². The van der Waals surface area contributed by atoms with Gasteiger partial charge in [0.05, 0.1) is 12.4 Å². The van der Waals surface area contributed by atoms with Gasteiger partial charge in [-0.3, -0.25) is 23.9 Å². The molecule has 1 saturated heterocycles. The van der Waals surface area contributed by atoms with E-state index in [1.54, 1.807) is 45.0 Å². The van der Waals surface area contributed by atoms with E-state index < -0.39 is 80.2 Å². The Labute approximate surface area is 287 Å². The van der Waals surface area contributed by atoms with E-state index in [0.717, 1.165) is 12.8 Å². The molecule has 5 atom stereocenters. The quantitative estimate of drug-likeness (QED) is 0.309. The first-order valence-electron chi connectivity index (χ1n) is 16.9. The maximum absolute atomic E-state index is 14.2. The molecule has 2 aliphatic carbocycles. The van der Waals surface area contributed by atoms with Crippen molar-refractivity contribution < 1.29 is 41.9 Å². The molecule has 0 aromatic heterocycles. The summed E-state index contributed by atoms with van der Waals surface area (Å²) in [7, 11) is -2.40. The average molecular weight is 702 g/mol. The lowest BCUT2D eigenvalue weighted by atomic mass is 10.0. The van der Waals surface area contributed by atoms with Crippen molar-refractivity contribution in [2.75, 3.05) is 13.7 Å². The van der Waals surface area contributed by atoms with E-state index in [4.69, 9.17) is 9.47 Å². The van der Waals surface area contributed by atoms with Crippen LogP contribution in [0.25, 0.3) is 0 Å². The van der Waals surface area contributed by atoms with Crippen LogP contribution in [0.1, 0.15) is 88.9 Å². The first kappa shape index (κ1) is 36.1. The van der Waals surface area contributed by atoms with E-state index in [1.807, 2.05) is 12.2 Å². The second-order valence-corrected chi connectivity index (χ2v) is 16.3.